The van der Waals surface area contributed by atoms with E-state index >= 15 is 0 Å². The number of fused-ring (bicyclic) bond motifs is 3. The lowest BCUT2D eigenvalue weighted by atomic mass is 9.86. The highest BCUT2D eigenvalue weighted by molar-refractivity contribution is 6.06. The average Bonchev–Trinajstić information content (AvgIpc) is 3.67. The van der Waals surface area contributed by atoms with Gasteiger partial charge in [-0.1, -0.05) is 163 Å². The molecule has 0 unspecified atom stereocenters. The van der Waals surface area contributed by atoms with Gasteiger partial charge in [-0.25, -0.2) is 4.98 Å². The number of aryl methyl sites for hydroxylation is 1. The van der Waals surface area contributed by atoms with Crippen LogP contribution in [-0.2, 0) is 10.8 Å². The molecule has 0 atom stereocenters. The second-order valence-corrected chi connectivity index (χ2v) is 18.9. The van der Waals surface area contributed by atoms with Crippen LogP contribution < -0.4 is 0 Å². The van der Waals surface area contributed by atoms with Crippen molar-refractivity contribution in [3.05, 3.63) is 193 Å². The van der Waals surface area contributed by atoms with E-state index in [-0.39, 0.29) is 16.6 Å². The molecule has 0 radical (unpaired) electrons. The Morgan fingerprint density at radius 2 is 1.13 bits per heavy atom. The number of nitrogens with zero attached hydrogens (tertiary/aromatic N) is 3. The van der Waals surface area contributed by atoms with E-state index in [1.54, 1.807) is 0 Å². The van der Waals surface area contributed by atoms with Gasteiger partial charge >= 0.3 is 0 Å². The van der Waals surface area contributed by atoms with Gasteiger partial charge in [-0.3, -0.25) is 9.55 Å². The molecule has 10 rings (SSSR count). The number of hydrogen-bond donors (Lipinski definition) is 1. The Morgan fingerprint density at radius 1 is 0.476 bits per heavy atom. The van der Waals surface area contributed by atoms with E-state index in [0.29, 0.717) is 11.4 Å². The number of phenolic OH excluding ortho intramolecular Hbond substituents is 1. The van der Waals surface area contributed by atoms with Gasteiger partial charge in [-0.2, -0.15) is 0 Å². The Balaban J connectivity index is 1.27. The van der Waals surface area contributed by atoms with Crippen LogP contribution in [0, 0.1) is 6.92 Å². The number of pyridine rings is 1. The number of benzene rings is 8. The Hall–Kier alpha value is -7.30. The first-order valence-corrected chi connectivity index (χ1v) is 21.9. The molecule has 4 nitrogen and oxygen atoms in total. The minimum Gasteiger partial charge on any atom is -0.507 e. The SMILES string of the molecule is Cc1ccnc2c(-c3cccc(-c4cc(-c5cccc6ccccc56)cc5c4nc(-c4cc(C(C)(C)C)ccc4O)n5-c4ccc(C(C)(C)C)cc4)c3)ccc(-c3ccccc3)c12. The van der Waals surface area contributed by atoms with E-state index in [9.17, 15) is 5.11 Å². The van der Waals surface area contributed by atoms with E-state index in [1.807, 2.05) is 18.3 Å². The van der Waals surface area contributed by atoms with Crippen LogP contribution in [0.1, 0.15) is 58.2 Å². The van der Waals surface area contributed by atoms with Gasteiger partial charge in [-0.05, 0) is 127 Å². The number of phenols is 1. The lowest BCUT2D eigenvalue weighted by Crippen LogP contribution is -2.11. The zero-order chi connectivity index (χ0) is 43.6. The Bertz CT molecular complexity index is 3360. The zero-order valence-corrected chi connectivity index (χ0v) is 37.0. The molecule has 0 fully saturated rings. The van der Waals surface area contributed by atoms with Crippen molar-refractivity contribution in [3.8, 4) is 67.3 Å². The largest absolute Gasteiger partial charge is 0.507 e. The fourth-order valence-electron chi connectivity index (χ4n) is 9.14. The van der Waals surface area contributed by atoms with E-state index in [0.717, 1.165) is 66.6 Å². The number of imidazole rings is 1. The molecular formula is C59H51N3O. The van der Waals surface area contributed by atoms with Crippen LogP contribution in [0.2, 0.25) is 0 Å². The summed E-state index contributed by atoms with van der Waals surface area (Å²) >= 11 is 0. The first-order chi connectivity index (χ1) is 30.3. The fraction of sp³-hybridized carbons (Fsp3) is 0.153. The zero-order valence-electron chi connectivity index (χ0n) is 37.0. The number of aromatic nitrogens is 3. The standard InChI is InChI=1S/C59H51N3O/c1-37-31-32-60-56-49(29-28-48(54(37)56)39-15-9-8-10-16-39)40-19-13-20-41(33-40)50-34-42(47-22-14-18-38-17-11-12-21-46(38)47)35-52-55(50)61-57(51-36-44(59(5,6)7)25-30-53(51)63)62(52)45-26-23-43(24-27-45)58(2,3)4/h8-36,63H,1-7H3. The van der Waals surface area contributed by atoms with Gasteiger partial charge in [0.25, 0.3) is 0 Å². The molecule has 0 aliphatic heterocycles. The van der Waals surface area contributed by atoms with Crippen molar-refractivity contribution in [1.82, 2.24) is 14.5 Å². The summed E-state index contributed by atoms with van der Waals surface area (Å²) in [5.41, 5.74) is 16.6. The van der Waals surface area contributed by atoms with Gasteiger partial charge in [0.2, 0.25) is 0 Å². The van der Waals surface area contributed by atoms with Crippen molar-refractivity contribution in [2.24, 2.45) is 0 Å². The quantitative estimate of drug-likeness (QED) is 0.182. The van der Waals surface area contributed by atoms with E-state index < -0.39 is 0 Å². The van der Waals surface area contributed by atoms with Crippen molar-refractivity contribution in [1.29, 1.82) is 0 Å². The summed E-state index contributed by atoms with van der Waals surface area (Å²) in [5.74, 6) is 0.879. The third kappa shape index (κ3) is 7.16. The van der Waals surface area contributed by atoms with Crippen LogP contribution >= 0.6 is 0 Å². The van der Waals surface area contributed by atoms with Crippen molar-refractivity contribution in [2.75, 3.05) is 0 Å². The monoisotopic (exact) mass is 817 g/mol. The average molecular weight is 818 g/mol. The minimum absolute atomic E-state index is 0.0151. The van der Waals surface area contributed by atoms with Crippen molar-refractivity contribution >= 4 is 32.7 Å². The summed E-state index contributed by atoms with van der Waals surface area (Å²) in [6, 6.07) is 60.5. The lowest BCUT2D eigenvalue weighted by Gasteiger charge is -2.21. The van der Waals surface area contributed by atoms with Crippen molar-refractivity contribution in [2.45, 2.75) is 59.3 Å². The number of hydrogen-bond acceptors (Lipinski definition) is 3. The molecule has 63 heavy (non-hydrogen) atoms. The molecule has 0 bridgehead atoms. The van der Waals surface area contributed by atoms with Crippen LogP contribution in [0.4, 0.5) is 0 Å². The minimum atomic E-state index is -0.141. The molecule has 0 saturated carbocycles. The van der Waals surface area contributed by atoms with Gasteiger partial charge in [0.15, 0.2) is 0 Å². The number of rotatable bonds is 6. The molecule has 308 valence electrons. The fourth-order valence-corrected chi connectivity index (χ4v) is 9.14. The molecule has 1 N–H and O–H groups in total. The van der Waals surface area contributed by atoms with Crippen LogP contribution in [0.15, 0.2) is 176 Å². The number of aromatic hydroxyl groups is 1. The van der Waals surface area contributed by atoms with E-state index in [4.69, 9.17) is 9.97 Å². The lowest BCUT2D eigenvalue weighted by molar-refractivity contribution is 0.475. The van der Waals surface area contributed by atoms with Gasteiger partial charge < -0.3 is 5.11 Å². The van der Waals surface area contributed by atoms with Gasteiger partial charge in [0.1, 0.15) is 11.6 Å². The second kappa shape index (κ2) is 15.3. The summed E-state index contributed by atoms with van der Waals surface area (Å²) in [6.45, 7) is 15.5. The summed E-state index contributed by atoms with van der Waals surface area (Å²) in [6.07, 6.45) is 1.92. The topological polar surface area (TPSA) is 50.9 Å². The molecular weight excluding hydrogens is 767 g/mol. The van der Waals surface area contributed by atoms with Gasteiger partial charge in [0, 0.05) is 28.4 Å². The first kappa shape index (κ1) is 39.8. The normalized spacial score (nSPS) is 12.1. The van der Waals surface area contributed by atoms with Crippen LogP contribution in [0.25, 0.3) is 94.3 Å². The molecule has 0 aliphatic rings. The smallest absolute Gasteiger partial charge is 0.149 e. The molecule has 10 aromatic rings. The summed E-state index contributed by atoms with van der Waals surface area (Å²) < 4.78 is 2.24. The first-order valence-electron chi connectivity index (χ1n) is 21.9. The Kier molecular flexibility index (Phi) is 9.64. The Labute approximate surface area is 370 Å². The van der Waals surface area contributed by atoms with Crippen molar-refractivity contribution in [3.63, 3.8) is 0 Å². The highest BCUT2D eigenvalue weighted by Gasteiger charge is 2.25. The molecule has 2 heterocycles. The predicted molar refractivity (Wildman–Crippen MR) is 265 cm³/mol. The molecule has 4 heteroatoms. The molecule has 0 spiro atoms. The summed E-state index contributed by atoms with van der Waals surface area (Å²) in [4.78, 5) is 10.6. The highest BCUT2D eigenvalue weighted by atomic mass is 16.3. The summed E-state index contributed by atoms with van der Waals surface area (Å²) in [5, 5.41) is 15.3. The van der Waals surface area contributed by atoms with E-state index in [1.165, 1.54) is 33.0 Å². The van der Waals surface area contributed by atoms with E-state index in [2.05, 4.69) is 211 Å². The molecule has 2 aromatic heterocycles. The third-order valence-electron chi connectivity index (χ3n) is 12.6. The highest BCUT2D eigenvalue weighted by Crippen LogP contribution is 2.44. The predicted octanol–water partition coefficient (Wildman–Crippen LogP) is 15.7. The molecule has 0 amide bonds. The Morgan fingerprint density at radius 3 is 1.89 bits per heavy atom. The maximum Gasteiger partial charge on any atom is 0.149 e. The molecule has 0 saturated heterocycles. The molecule has 8 aromatic carbocycles. The van der Waals surface area contributed by atoms with Crippen LogP contribution in [0.3, 0.4) is 0 Å². The molecule has 0 aliphatic carbocycles. The van der Waals surface area contributed by atoms with Gasteiger partial charge in [-0.15, -0.1) is 0 Å². The maximum atomic E-state index is 11.7. The summed E-state index contributed by atoms with van der Waals surface area (Å²) in [7, 11) is 0. The van der Waals surface area contributed by atoms with Gasteiger partial charge in [0.05, 0.1) is 22.1 Å². The van der Waals surface area contributed by atoms with Crippen LogP contribution in [-0.4, -0.2) is 19.6 Å². The third-order valence-corrected chi connectivity index (χ3v) is 12.6. The van der Waals surface area contributed by atoms with Crippen molar-refractivity contribution < 1.29 is 5.11 Å². The maximum absolute atomic E-state index is 11.7. The van der Waals surface area contributed by atoms with Crippen LogP contribution in [0.5, 0.6) is 5.75 Å². The second-order valence-electron chi connectivity index (χ2n) is 18.9.